The van der Waals surface area contributed by atoms with Gasteiger partial charge in [0.05, 0.1) is 0 Å². The highest BCUT2D eigenvalue weighted by Crippen LogP contribution is 2.23. The number of rotatable bonds is 5. The van der Waals surface area contributed by atoms with Gasteiger partial charge in [0.1, 0.15) is 12.4 Å². The molecule has 0 radical (unpaired) electrons. The summed E-state index contributed by atoms with van der Waals surface area (Å²) in [5.74, 6) is 3.45. The molecule has 0 amide bonds. The lowest BCUT2D eigenvalue weighted by Crippen LogP contribution is -2.44. The summed E-state index contributed by atoms with van der Waals surface area (Å²) in [6, 6.07) is 0.508. The quantitative estimate of drug-likeness (QED) is 0.495. The lowest BCUT2D eigenvalue weighted by Gasteiger charge is -2.28. The topological polar surface area (TPSA) is 67.1 Å². The molecule has 1 aromatic rings. The van der Waals surface area contributed by atoms with Gasteiger partial charge in [-0.2, -0.15) is 0 Å². The van der Waals surface area contributed by atoms with Gasteiger partial charge < -0.3 is 15.2 Å². The van der Waals surface area contributed by atoms with E-state index in [0.717, 1.165) is 23.5 Å². The number of aryl methyl sites for hydroxylation is 1. The van der Waals surface area contributed by atoms with Crippen LogP contribution in [0.4, 0.5) is 0 Å². The van der Waals surface area contributed by atoms with Gasteiger partial charge >= 0.3 is 0 Å². The van der Waals surface area contributed by atoms with E-state index in [2.05, 4.69) is 39.3 Å². The van der Waals surface area contributed by atoms with Gasteiger partial charge in [0.25, 0.3) is 0 Å². The number of hydrogen-bond acceptors (Lipinski definition) is 3. The Labute approximate surface area is 133 Å². The molecule has 0 spiro atoms. The van der Waals surface area contributed by atoms with Crippen molar-refractivity contribution in [3.05, 3.63) is 24.3 Å². The van der Waals surface area contributed by atoms with Crippen molar-refractivity contribution < 1.29 is 0 Å². The third-order valence-electron chi connectivity index (χ3n) is 4.33. The van der Waals surface area contributed by atoms with Crippen molar-refractivity contribution in [3.63, 3.8) is 0 Å². The molecule has 1 aromatic heterocycles. The molecule has 22 heavy (non-hydrogen) atoms. The first kappa shape index (κ1) is 16.5. The Hall–Kier alpha value is -1.85. The van der Waals surface area contributed by atoms with Crippen LogP contribution in [0.2, 0.25) is 0 Å². The van der Waals surface area contributed by atoms with Gasteiger partial charge in [0, 0.05) is 19.6 Å². The summed E-state index contributed by atoms with van der Waals surface area (Å²) in [6.07, 6.45) is 6.83. The molecule has 0 aromatic carbocycles. The van der Waals surface area contributed by atoms with Crippen LogP contribution in [-0.2, 0) is 13.6 Å². The fourth-order valence-corrected chi connectivity index (χ4v) is 2.66. The molecule has 0 saturated heterocycles. The number of aromatic nitrogens is 3. The zero-order chi connectivity index (χ0) is 15.9. The Balaban J connectivity index is 1.96. The number of guanidine groups is 1. The Bertz CT molecular complexity index is 511. The van der Waals surface area contributed by atoms with Crippen LogP contribution in [-0.4, -0.2) is 33.3 Å². The zero-order valence-electron chi connectivity index (χ0n) is 14.0. The minimum absolute atomic E-state index is 0.508. The van der Waals surface area contributed by atoms with Gasteiger partial charge in [-0.25, -0.2) is 4.99 Å². The van der Waals surface area contributed by atoms with Gasteiger partial charge in [-0.3, -0.25) is 0 Å². The predicted molar refractivity (Wildman–Crippen MR) is 89.6 cm³/mol. The third kappa shape index (κ3) is 4.58. The molecule has 1 fully saturated rings. The molecule has 2 N–H and O–H groups in total. The number of nitrogens with zero attached hydrogens (tertiary/aromatic N) is 4. The van der Waals surface area contributed by atoms with Crippen molar-refractivity contribution >= 4 is 5.96 Å². The van der Waals surface area contributed by atoms with E-state index in [4.69, 9.17) is 0 Å². The van der Waals surface area contributed by atoms with Crippen molar-refractivity contribution in [1.82, 2.24) is 25.4 Å². The van der Waals surface area contributed by atoms with E-state index in [1.807, 2.05) is 24.6 Å². The second kappa shape index (κ2) is 7.96. The second-order valence-corrected chi connectivity index (χ2v) is 6.16. The number of aliphatic imine (C=N–C) groups is 1. The van der Waals surface area contributed by atoms with E-state index < -0.39 is 0 Å². The molecule has 6 heteroatoms. The van der Waals surface area contributed by atoms with E-state index >= 15 is 0 Å². The maximum absolute atomic E-state index is 4.64. The van der Waals surface area contributed by atoms with E-state index in [1.165, 1.54) is 25.7 Å². The first-order valence-corrected chi connectivity index (χ1v) is 8.10. The molecule has 0 unspecified atom stereocenters. The summed E-state index contributed by atoms with van der Waals surface area (Å²) in [5, 5.41) is 15.1. The van der Waals surface area contributed by atoms with Gasteiger partial charge in [-0.15, -0.1) is 16.8 Å². The van der Waals surface area contributed by atoms with E-state index in [9.17, 15) is 0 Å². The highest BCUT2D eigenvalue weighted by molar-refractivity contribution is 5.80. The molecule has 1 heterocycles. The molecule has 0 atom stereocenters. The van der Waals surface area contributed by atoms with E-state index in [-0.39, 0.29) is 0 Å². The second-order valence-electron chi connectivity index (χ2n) is 6.16. The van der Waals surface area contributed by atoms with E-state index in [0.29, 0.717) is 19.1 Å². The smallest absolute Gasteiger partial charge is 0.192 e. The third-order valence-corrected chi connectivity index (χ3v) is 4.33. The van der Waals surface area contributed by atoms with Crippen molar-refractivity contribution in [3.8, 4) is 0 Å². The molecular formula is C16H28N6. The average Bonchev–Trinajstić information content (AvgIpc) is 2.84. The minimum Gasteiger partial charge on any atom is -0.354 e. The van der Waals surface area contributed by atoms with Crippen LogP contribution in [0.15, 0.2) is 17.6 Å². The van der Waals surface area contributed by atoms with E-state index in [1.54, 1.807) is 0 Å². The standard InChI is InChI=1S/C16H28N6/c1-5-10-17-16(19-14-8-6-12(2)7-9-14)18-11-15-21-20-13(3)22(15)4/h5,12,14H,1,6-11H2,2-4H3,(H2,17,18,19). The molecule has 1 aliphatic rings. The maximum Gasteiger partial charge on any atom is 0.192 e. The van der Waals surface area contributed by atoms with Crippen molar-refractivity contribution in [2.24, 2.45) is 18.0 Å². The normalized spacial score (nSPS) is 22.4. The van der Waals surface area contributed by atoms with Crippen LogP contribution >= 0.6 is 0 Å². The summed E-state index contributed by atoms with van der Waals surface area (Å²) in [7, 11) is 1.97. The fraction of sp³-hybridized carbons (Fsp3) is 0.688. The van der Waals surface area contributed by atoms with Crippen LogP contribution in [0.1, 0.15) is 44.3 Å². The molecule has 2 rings (SSSR count). The van der Waals surface area contributed by atoms with Gasteiger partial charge in [-0.1, -0.05) is 13.0 Å². The van der Waals surface area contributed by atoms with Gasteiger partial charge in [0.2, 0.25) is 0 Å². The largest absolute Gasteiger partial charge is 0.354 e. The number of nitrogens with one attached hydrogen (secondary N) is 2. The first-order valence-electron chi connectivity index (χ1n) is 8.10. The summed E-state index contributed by atoms with van der Waals surface area (Å²) in [6.45, 7) is 9.25. The Morgan fingerprint density at radius 2 is 2.09 bits per heavy atom. The highest BCUT2D eigenvalue weighted by Gasteiger charge is 2.19. The van der Waals surface area contributed by atoms with Crippen molar-refractivity contribution in [2.75, 3.05) is 6.54 Å². The molecule has 6 nitrogen and oxygen atoms in total. The van der Waals surface area contributed by atoms with Crippen LogP contribution in [0.5, 0.6) is 0 Å². The lowest BCUT2D eigenvalue weighted by molar-refractivity contribution is 0.329. The van der Waals surface area contributed by atoms with Crippen LogP contribution < -0.4 is 10.6 Å². The number of hydrogen-bond donors (Lipinski definition) is 2. The summed E-state index contributed by atoms with van der Waals surface area (Å²) in [5.41, 5.74) is 0. The molecular weight excluding hydrogens is 276 g/mol. The Morgan fingerprint density at radius 3 is 2.68 bits per heavy atom. The maximum atomic E-state index is 4.64. The van der Waals surface area contributed by atoms with Crippen LogP contribution in [0.3, 0.4) is 0 Å². The fourth-order valence-electron chi connectivity index (χ4n) is 2.66. The van der Waals surface area contributed by atoms with Gasteiger partial charge in [-0.05, 0) is 38.5 Å². The molecule has 1 saturated carbocycles. The van der Waals surface area contributed by atoms with Crippen LogP contribution in [0, 0.1) is 12.8 Å². The molecule has 122 valence electrons. The molecule has 1 aliphatic carbocycles. The lowest BCUT2D eigenvalue weighted by atomic mass is 9.87. The highest BCUT2D eigenvalue weighted by atomic mass is 15.3. The SMILES string of the molecule is C=CCNC(=NCc1nnc(C)n1C)NC1CCC(C)CC1. The molecule has 0 aliphatic heterocycles. The monoisotopic (exact) mass is 304 g/mol. The molecule has 0 bridgehead atoms. The first-order chi connectivity index (χ1) is 10.6. The predicted octanol–water partition coefficient (Wildman–Crippen LogP) is 1.92. The Kier molecular flexibility index (Phi) is 5.98. The average molecular weight is 304 g/mol. The summed E-state index contributed by atoms with van der Waals surface area (Å²) in [4.78, 5) is 4.64. The van der Waals surface area contributed by atoms with Crippen LogP contribution in [0.25, 0.3) is 0 Å². The Morgan fingerprint density at radius 1 is 1.36 bits per heavy atom. The van der Waals surface area contributed by atoms with Crippen molar-refractivity contribution in [1.29, 1.82) is 0 Å². The van der Waals surface area contributed by atoms with Gasteiger partial charge in [0.15, 0.2) is 11.8 Å². The zero-order valence-corrected chi connectivity index (χ0v) is 14.0. The van der Waals surface area contributed by atoms with Crippen molar-refractivity contribution in [2.45, 2.75) is 52.1 Å². The summed E-state index contributed by atoms with van der Waals surface area (Å²) < 4.78 is 1.97. The minimum atomic E-state index is 0.508. The summed E-state index contributed by atoms with van der Waals surface area (Å²) >= 11 is 0.